The van der Waals surface area contributed by atoms with E-state index in [1.807, 2.05) is 0 Å². The van der Waals surface area contributed by atoms with Crippen molar-refractivity contribution in [2.75, 3.05) is 0 Å². The number of amides is 1. The molecule has 0 unspecified atom stereocenters. The Bertz CT molecular complexity index is 308. The minimum atomic E-state index is -0.153. The molecule has 0 aliphatic rings. The summed E-state index contributed by atoms with van der Waals surface area (Å²) >= 11 is 5.68. The lowest BCUT2D eigenvalue weighted by Gasteiger charge is -2.08. The Balaban J connectivity index is 2.46. The summed E-state index contributed by atoms with van der Waals surface area (Å²) in [4.78, 5) is 16.1. The molecule has 0 atom stereocenters. The number of hydroxylamine groups is 1. The van der Waals surface area contributed by atoms with Gasteiger partial charge in [-0.1, -0.05) is 25.4 Å². The third kappa shape index (κ3) is 3.26. The monoisotopic (exact) mass is 213 g/mol. The summed E-state index contributed by atoms with van der Waals surface area (Å²) in [6.07, 6.45) is 0. The van der Waals surface area contributed by atoms with Gasteiger partial charge in [-0.25, -0.2) is 0 Å². The van der Waals surface area contributed by atoms with Crippen LogP contribution in [0.5, 0.6) is 5.75 Å². The quantitative estimate of drug-likeness (QED) is 0.784. The minimum absolute atomic E-state index is 0.0951. The molecular formula is C10H12ClNO2. The maximum atomic E-state index is 11.1. The summed E-state index contributed by atoms with van der Waals surface area (Å²) in [7, 11) is 0. The number of hydrogen-bond acceptors (Lipinski definition) is 2. The molecule has 3 nitrogen and oxygen atoms in total. The van der Waals surface area contributed by atoms with Gasteiger partial charge >= 0.3 is 0 Å². The van der Waals surface area contributed by atoms with Gasteiger partial charge in [-0.05, 0) is 24.3 Å². The zero-order valence-corrected chi connectivity index (χ0v) is 8.84. The highest BCUT2D eigenvalue weighted by atomic mass is 35.5. The summed E-state index contributed by atoms with van der Waals surface area (Å²) in [5.41, 5.74) is 2.34. The Labute approximate surface area is 88.0 Å². The first-order valence-electron chi connectivity index (χ1n) is 4.32. The van der Waals surface area contributed by atoms with Crippen LogP contribution in [-0.4, -0.2) is 5.91 Å². The highest BCUT2D eigenvalue weighted by molar-refractivity contribution is 6.30. The second-order valence-corrected chi connectivity index (χ2v) is 3.61. The van der Waals surface area contributed by atoms with Crippen molar-refractivity contribution in [3.05, 3.63) is 29.3 Å². The zero-order chi connectivity index (χ0) is 10.6. The van der Waals surface area contributed by atoms with E-state index in [-0.39, 0.29) is 11.8 Å². The van der Waals surface area contributed by atoms with Crippen LogP contribution < -0.4 is 10.3 Å². The SMILES string of the molecule is CC(C)C(=O)NOc1ccc(Cl)cc1. The molecule has 1 aromatic rings. The number of carbonyl (C=O) groups excluding carboxylic acids is 1. The summed E-state index contributed by atoms with van der Waals surface area (Å²) in [5.74, 6) is 0.311. The lowest BCUT2D eigenvalue weighted by molar-refractivity contribution is -0.130. The molecule has 1 aromatic carbocycles. The van der Waals surface area contributed by atoms with Crippen LogP contribution in [0.15, 0.2) is 24.3 Å². The van der Waals surface area contributed by atoms with E-state index in [0.717, 1.165) is 0 Å². The Morgan fingerprint density at radius 2 is 1.93 bits per heavy atom. The van der Waals surface area contributed by atoms with Crippen LogP contribution in [0.25, 0.3) is 0 Å². The highest BCUT2D eigenvalue weighted by Crippen LogP contribution is 2.14. The Morgan fingerprint density at radius 1 is 1.36 bits per heavy atom. The van der Waals surface area contributed by atoms with Gasteiger partial charge in [0.15, 0.2) is 5.75 Å². The first-order chi connectivity index (χ1) is 6.59. The number of nitrogens with one attached hydrogen (secondary N) is 1. The van der Waals surface area contributed by atoms with Crippen LogP contribution in [0.2, 0.25) is 5.02 Å². The summed E-state index contributed by atoms with van der Waals surface area (Å²) in [6.45, 7) is 3.58. The van der Waals surface area contributed by atoms with Crippen molar-refractivity contribution in [3.63, 3.8) is 0 Å². The predicted molar refractivity (Wildman–Crippen MR) is 55.1 cm³/mol. The number of carbonyl (C=O) groups is 1. The Kier molecular flexibility index (Phi) is 3.77. The van der Waals surface area contributed by atoms with Crippen LogP contribution in [0.3, 0.4) is 0 Å². The van der Waals surface area contributed by atoms with Crippen molar-refractivity contribution in [3.8, 4) is 5.75 Å². The van der Waals surface area contributed by atoms with E-state index in [0.29, 0.717) is 10.8 Å². The van der Waals surface area contributed by atoms with E-state index < -0.39 is 0 Å². The molecule has 0 saturated carbocycles. The molecule has 14 heavy (non-hydrogen) atoms. The van der Waals surface area contributed by atoms with Gasteiger partial charge in [0.2, 0.25) is 0 Å². The summed E-state index contributed by atoms with van der Waals surface area (Å²) < 4.78 is 0. The van der Waals surface area contributed by atoms with Crippen LogP contribution >= 0.6 is 11.6 Å². The second-order valence-electron chi connectivity index (χ2n) is 3.18. The van der Waals surface area contributed by atoms with Gasteiger partial charge in [0.25, 0.3) is 5.91 Å². The molecule has 1 rings (SSSR count). The number of rotatable bonds is 3. The molecular weight excluding hydrogens is 202 g/mol. The molecule has 0 aromatic heterocycles. The Morgan fingerprint density at radius 3 is 2.43 bits per heavy atom. The lowest BCUT2D eigenvalue weighted by atomic mass is 10.2. The van der Waals surface area contributed by atoms with E-state index in [1.165, 1.54) is 0 Å². The fourth-order valence-electron chi connectivity index (χ4n) is 0.730. The number of benzene rings is 1. The maximum Gasteiger partial charge on any atom is 0.255 e. The van der Waals surface area contributed by atoms with Crippen LogP contribution in [0.4, 0.5) is 0 Å². The molecule has 0 aliphatic carbocycles. The van der Waals surface area contributed by atoms with Crippen molar-refractivity contribution in [2.45, 2.75) is 13.8 Å². The standard InChI is InChI=1S/C10H12ClNO2/c1-7(2)10(13)12-14-9-5-3-8(11)4-6-9/h3-7H,1-2H3,(H,12,13). The van der Waals surface area contributed by atoms with Gasteiger partial charge in [-0.3, -0.25) is 4.79 Å². The molecule has 0 spiro atoms. The third-order valence-electron chi connectivity index (χ3n) is 1.61. The number of hydrogen-bond donors (Lipinski definition) is 1. The van der Waals surface area contributed by atoms with Crippen LogP contribution in [0.1, 0.15) is 13.8 Å². The van der Waals surface area contributed by atoms with E-state index in [2.05, 4.69) is 5.48 Å². The third-order valence-corrected chi connectivity index (χ3v) is 1.86. The van der Waals surface area contributed by atoms with Gasteiger partial charge in [0, 0.05) is 10.9 Å². The molecule has 1 N–H and O–H groups in total. The normalized spacial score (nSPS) is 10.0. The fourth-order valence-corrected chi connectivity index (χ4v) is 0.856. The van der Waals surface area contributed by atoms with Gasteiger partial charge < -0.3 is 4.84 Å². The van der Waals surface area contributed by atoms with E-state index in [9.17, 15) is 4.79 Å². The van der Waals surface area contributed by atoms with Crippen molar-refractivity contribution < 1.29 is 9.63 Å². The van der Waals surface area contributed by atoms with E-state index in [4.69, 9.17) is 16.4 Å². The molecule has 0 aliphatic heterocycles. The lowest BCUT2D eigenvalue weighted by Crippen LogP contribution is -2.30. The molecule has 0 radical (unpaired) electrons. The highest BCUT2D eigenvalue weighted by Gasteiger charge is 2.06. The average molecular weight is 214 g/mol. The fraction of sp³-hybridized carbons (Fsp3) is 0.300. The molecule has 4 heteroatoms. The molecule has 0 saturated heterocycles. The van der Waals surface area contributed by atoms with E-state index in [1.54, 1.807) is 38.1 Å². The second kappa shape index (κ2) is 4.86. The van der Waals surface area contributed by atoms with Gasteiger partial charge in [0.1, 0.15) is 0 Å². The minimum Gasteiger partial charge on any atom is -0.380 e. The molecule has 0 bridgehead atoms. The van der Waals surface area contributed by atoms with Crippen LogP contribution in [0, 0.1) is 5.92 Å². The molecule has 0 fully saturated rings. The van der Waals surface area contributed by atoms with Gasteiger partial charge in [0.05, 0.1) is 0 Å². The van der Waals surface area contributed by atoms with Gasteiger partial charge in [-0.2, -0.15) is 5.48 Å². The average Bonchev–Trinajstić information content (AvgIpc) is 2.16. The van der Waals surface area contributed by atoms with Crippen LogP contribution in [-0.2, 0) is 4.79 Å². The molecule has 76 valence electrons. The first kappa shape index (κ1) is 10.9. The molecule has 0 heterocycles. The van der Waals surface area contributed by atoms with Gasteiger partial charge in [-0.15, -0.1) is 0 Å². The zero-order valence-electron chi connectivity index (χ0n) is 8.08. The smallest absolute Gasteiger partial charge is 0.255 e. The summed E-state index contributed by atoms with van der Waals surface area (Å²) in [5, 5.41) is 0.632. The van der Waals surface area contributed by atoms with E-state index >= 15 is 0 Å². The topological polar surface area (TPSA) is 38.3 Å². The van der Waals surface area contributed by atoms with Crippen molar-refractivity contribution >= 4 is 17.5 Å². The summed E-state index contributed by atoms with van der Waals surface area (Å²) in [6, 6.07) is 6.75. The largest absolute Gasteiger partial charge is 0.380 e. The van der Waals surface area contributed by atoms with Crippen molar-refractivity contribution in [1.82, 2.24) is 5.48 Å². The predicted octanol–water partition coefficient (Wildman–Crippen LogP) is 2.41. The number of halogens is 1. The maximum absolute atomic E-state index is 11.1. The van der Waals surface area contributed by atoms with Crippen molar-refractivity contribution in [1.29, 1.82) is 0 Å². The Hall–Kier alpha value is -1.22. The molecule has 1 amide bonds. The van der Waals surface area contributed by atoms with Crippen molar-refractivity contribution in [2.24, 2.45) is 5.92 Å². The first-order valence-corrected chi connectivity index (χ1v) is 4.69.